The number of halogens is 1. The Labute approximate surface area is 119 Å². The van der Waals surface area contributed by atoms with Crippen LogP contribution in [0.15, 0.2) is 0 Å². The Morgan fingerprint density at radius 1 is 1.00 bits per heavy atom. The third-order valence-electron chi connectivity index (χ3n) is 4.59. The van der Waals surface area contributed by atoms with Crippen LogP contribution in [0.5, 0.6) is 0 Å². The molecule has 19 heavy (non-hydrogen) atoms. The fraction of sp³-hybridized carbons (Fsp3) is 0.733. The molecule has 104 valence electrons. The van der Waals surface area contributed by atoms with Gasteiger partial charge in [0, 0.05) is 18.4 Å². The molecule has 2 aliphatic rings. The molecular formula is C15H21ClN2O. The van der Waals surface area contributed by atoms with E-state index in [1.807, 2.05) is 0 Å². The minimum absolute atomic E-state index is 0.287. The second-order valence-electron chi connectivity index (χ2n) is 5.73. The minimum Gasteiger partial charge on any atom is -0.370 e. The van der Waals surface area contributed by atoms with Gasteiger partial charge in [-0.3, -0.25) is 0 Å². The van der Waals surface area contributed by atoms with E-state index in [9.17, 15) is 0 Å². The molecule has 0 bridgehead atoms. The molecule has 3 nitrogen and oxygen atoms in total. The van der Waals surface area contributed by atoms with Crippen LogP contribution in [0.3, 0.4) is 0 Å². The summed E-state index contributed by atoms with van der Waals surface area (Å²) in [5, 5.41) is 0.658. The molecule has 4 heteroatoms. The van der Waals surface area contributed by atoms with Crippen molar-refractivity contribution < 1.29 is 4.74 Å². The van der Waals surface area contributed by atoms with Crippen molar-refractivity contribution in [1.82, 2.24) is 9.97 Å². The summed E-state index contributed by atoms with van der Waals surface area (Å²) in [4.78, 5) is 9.42. The molecule has 0 amide bonds. The van der Waals surface area contributed by atoms with Crippen molar-refractivity contribution in [3.63, 3.8) is 0 Å². The van der Waals surface area contributed by atoms with E-state index in [-0.39, 0.29) is 5.60 Å². The number of hydrogen-bond donors (Lipinski definition) is 0. The summed E-state index contributed by atoms with van der Waals surface area (Å²) >= 11 is 6.41. The van der Waals surface area contributed by atoms with E-state index < -0.39 is 0 Å². The Morgan fingerprint density at radius 3 is 2.47 bits per heavy atom. The molecule has 0 unspecified atom stereocenters. The number of methoxy groups -OCH3 is 1. The normalized spacial score (nSPS) is 22.0. The van der Waals surface area contributed by atoms with Gasteiger partial charge in [0.15, 0.2) is 5.82 Å². The van der Waals surface area contributed by atoms with Crippen molar-refractivity contribution in [3.8, 4) is 0 Å². The molecule has 0 spiro atoms. The Morgan fingerprint density at radius 2 is 1.74 bits per heavy atom. The van der Waals surface area contributed by atoms with E-state index in [2.05, 4.69) is 4.98 Å². The highest BCUT2D eigenvalue weighted by atomic mass is 35.5. The lowest BCUT2D eigenvalue weighted by molar-refractivity contribution is -0.0164. The zero-order valence-corrected chi connectivity index (χ0v) is 12.3. The van der Waals surface area contributed by atoms with Gasteiger partial charge in [0.05, 0.1) is 0 Å². The third kappa shape index (κ3) is 2.38. The highest BCUT2D eigenvalue weighted by Gasteiger charge is 2.39. The lowest BCUT2D eigenvalue weighted by Crippen LogP contribution is -2.28. The minimum atomic E-state index is -0.287. The Kier molecular flexibility index (Phi) is 3.77. The quantitative estimate of drug-likeness (QED) is 0.610. The van der Waals surface area contributed by atoms with E-state index in [0.29, 0.717) is 5.15 Å². The molecule has 3 rings (SSSR count). The molecule has 0 atom stereocenters. The van der Waals surface area contributed by atoms with Crippen molar-refractivity contribution in [2.45, 2.75) is 63.4 Å². The summed E-state index contributed by atoms with van der Waals surface area (Å²) in [5.74, 6) is 0.818. The van der Waals surface area contributed by atoms with Crippen LogP contribution in [0.1, 0.15) is 62.0 Å². The van der Waals surface area contributed by atoms with Gasteiger partial charge in [-0.05, 0) is 51.4 Å². The number of hydrogen-bond acceptors (Lipinski definition) is 3. The molecule has 0 saturated heterocycles. The van der Waals surface area contributed by atoms with Crippen LogP contribution in [0.25, 0.3) is 0 Å². The predicted molar refractivity (Wildman–Crippen MR) is 75.5 cm³/mol. The van der Waals surface area contributed by atoms with Crippen molar-refractivity contribution in [2.24, 2.45) is 0 Å². The number of nitrogens with zero attached hydrogens (tertiary/aromatic N) is 2. The molecule has 1 heterocycles. The predicted octanol–water partition coefficient (Wildman–Crippen LogP) is 3.81. The molecule has 1 fully saturated rings. The zero-order chi connectivity index (χ0) is 13.3. The smallest absolute Gasteiger partial charge is 0.162 e. The maximum atomic E-state index is 6.41. The monoisotopic (exact) mass is 280 g/mol. The van der Waals surface area contributed by atoms with Gasteiger partial charge in [-0.2, -0.15) is 0 Å². The summed E-state index contributed by atoms with van der Waals surface area (Å²) < 4.78 is 5.78. The standard InChI is InChI=1S/C15H21ClN2O/c1-19-15(9-5-6-10-15)14-17-12-8-4-2-3-7-11(12)13(16)18-14/h2-10H2,1H3. The second-order valence-corrected chi connectivity index (χ2v) is 6.09. The maximum absolute atomic E-state index is 6.41. The van der Waals surface area contributed by atoms with E-state index in [0.717, 1.165) is 37.2 Å². The molecule has 1 aromatic rings. The Hall–Kier alpha value is -0.670. The Bertz CT molecular complexity index is 469. The number of ether oxygens (including phenoxy) is 1. The van der Waals surface area contributed by atoms with Crippen molar-refractivity contribution in [1.29, 1.82) is 0 Å². The van der Waals surface area contributed by atoms with E-state index in [1.54, 1.807) is 7.11 Å². The van der Waals surface area contributed by atoms with E-state index in [4.69, 9.17) is 21.3 Å². The summed E-state index contributed by atoms with van der Waals surface area (Å²) in [5.41, 5.74) is 2.05. The highest BCUT2D eigenvalue weighted by molar-refractivity contribution is 6.30. The van der Waals surface area contributed by atoms with Crippen LogP contribution in [0.4, 0.5) is 0 Å². The summed E-state index contributed by atoms with van der Waals surface area (Å²) in [6.45, 7) is 0. The average Bonchev–Trinajstić information content (AvgIpc) is 2.78. The molecule has 0 radical (unpaired) electrons. The van der Waals surface area contributed by atoms with Gasteiger partial charge in [0.1, 0.15) is 10.8 Å². The first kappa shape index (κ1) is 13.3. The van der Waals surface area contributed by atoms with Gasteiger partial charge in [-0.25, -0.2) is 9.97 Å². The molecule has 1 aromatic heterocycles. The van der Waals surface area contributed by atoms with Crippen LogP contribution in [-0.2, 0) is 23.2 Å². The first-order valence-electron chi connectivity index (χ1n) is 7.36. The van der Waals surface area contributed by atoms with Gasteiger partial charge < -0.3 is 4.74 Å². The van der Waals surface area contributed by atoms with Crippen molar-refractivity contribution in [3.05, 3.63) is 22.2 Å². The van der Waals surface area contributed by atoms with Gasteiger partial charge in [0.25, 0.3) is 0 Å². The molecule has 0 N–H and O–H groups in total. The average molecular weight is 281 g/mol. The van der Waals surface area contributed by atoms with Gasteiger partial charge in [0.2, 0.25) is 0 Å². The molecule has 2 aliphatic carbocycles. The molecule has 1 saturated carbocycles. The number of aryl methyl sites for hydroxylation is 1. The van der Waals surface area contributed by atoms with Crippen LogP contribution in [0, 0.1) is 0 Å². The van der Waals surface area contributed by atoms with Gasteiger partial charge in [-0.15, -0.1) is 0 Å². The highest BCUT2D eigenvalue weighted by Crippen LogP contribution is 2.41. The number of aromatic nitrogens is 2. The van der Waals surface area contributed by atoms with Crippen LogP contribution in [-0.4, -0.2) is 17.1 Å². The van der Waals surface area contributed by atoms with Crippen LogP contribution in [0.2, 0.25) is 5.15 Å². The summed E-state index contributed by atoms with van der Waals surface area (Å²) in [6.07, 6.45) is 10.1. The first-order chi connectivity index (χ1) is 9.25. The fourth-order valence-corrected chi connectivity index (χ4v) is 3.68. The first-order valence-corrected chi connectivity index (χ1v) is 7.74. The summed E-state index contributed by atoms with van der Waals surface area (Å²) in [6, 6.07) is 0. The molecule has 0 aliphatic heterocycles. The number of rotatable bonds is 2. The SMILES string of the molecule is COC1(c2nc(Cl)c3c(n2)CCCCC3)CCCC1. The van der Waals surface area contributed by atoms with E-state index >= 15 is 0 Å². The Balaban J connectivity index is 2.03. The fourth-order valence-electron chi connectivity index (χ4n) is 3.39. The lowest BCUT2D eigenvalue weighted by Gasteiger charge is -2.26. The molecule has 0 aromatic carbocycles. The summed E-state index contributed by atoms with van der Waals surface area (Å²) in [7, 11) is 1.77. The van der Waals surface area contributed by atoms with Crippen LogP contribution < -0.4 is 0 Å². The van der Waals surface area contributed by atoms with Crippen molar-refractivity contribution >= 4 is 11.6 Å². The van der Waals surface area contributed by atoms with Crippen LogP contribution >= 0.6 is 11.6 Å². The topological polar surface area (TPSA) is 35.0 Å². The van der Waals surface area contributed by atoms with Crippen molar-refractivity contribution in [2.75, 3.05) is 7.11 Å². The zero-order valence-electron chi connectivity index (χ0n) is 11.5. The van der Waals surface area contributed by atoms with Gasteiger partial charge >= 0.3 is 0 Å². The van der Waals surface area contributed by atoms with Gasteiger partial charge in [-0.1, -0.05) is 18.0 Å². The lowest BCUT2D eigenvalue weighted by atomic mass is 10.00. The molecular weight excluding hydrogens is 260 g/mol. The second kappa shape index (κ2) is 5.37. The third-order valence-corrected chi connectivity index (χ3v) is 4.90. The number of fused-ring (bicyclic) bond motifs is 1. The maximum Gasteiger partial charge on any atom is 0.162 e. The largest absolute Gasteiger partial charge is 0.370 e. The van der Waals surface area contributed by atoms with E-state index in [1.165, 1.54) is 37.7 Å².